The van der Waals surface area contributed by atoms with Crippen molar-refractivity contribution in [1.29, 1.82) is 0 Å². The number of nitrogens with zero attached hydrogens (tertiary/aromatic N) is 1. The van der Waals surface area contributed by atoms with Gasteiger partial charge in [0.25, 0.3) is 5.91 Å². The van der Waals surface area contributed by atoms with E-state index < -0.39 is 0 Å². The number of amides is 1. The van der Waals surface area contributed by atoms with Crippen LogP contribution < -0.4 is 5.32 Å². The van der Waals surface area contributed by atoms with Crippen molar-refractivity contribution in [2.24, 2.45) is 11.8 Å². The minimum absolute atomic E-state index is 0.114. The summed E-state index contributed by atoms with van der Waals surface area (Å²) in [6.45, 7) is 2.86. The number of likely N-dealkylation sites (tertiary alicyclic amines) is 1. The topological polar surface area (TPSA) is 48.1 Å². The van der Waals surface area contributed by atoms with Crippen molar-refractivity contribution in [3.05, 3.63) is 59.9 Å². The van der Waals surface area contributed by atoms with Gasteiger partial charge >= 0.3 is 0 Å². The lowest BCUT2D eigenvalue weighted by atomic mass is 9.89. The van der Waals surface area contributed by atoms with Crippen LogP contribution in [0.15, 0.2) is 48.7 Å². The van der Waals surface area contributed by atoms with Gasteiger partial charge in [0.2, 0.25) is 0 Å². The van der Waals surface area contributed by atoms with Crippen molar-refractivity contribution in [2.75, 3.05) is 19.6 Å². The number of nitrogens with one attached hydrogen (secondary N) is 2. The lowest BCUT2D eigenvalue weighted by Gasteiger charge is -2.28. The first-order chi connectivity index (χ1) is 10.3. The van der Waals surface area contributed by atoms with Crippen LogP contribution in [0.1, 0.15) is 22.1 Å². The van der Waals surface area contributed by atoms with E-state index >= 15 is 0 Å². The maximum atomic E-state index is 12.8. The van der Waals surface area contributed by atoms with Gasteiger partial charge in [0.05, 0.1) is 6.04 Å². The Labute approximate surface area is 124 Å². The standard InChI is InChI=1S/C17H19N3O/c21-17(15-7-4-8-19-15)20-11-13-9-18-10-14(13)16(20)12-5-2-1-3-6-12/h1-8,13-14,16,18-19H,9-11H2/t13-,14-,16-/m0/s1. The zero-order chi connectivity index (χ0) is 14.2. The summed E-state index contributed by atoms with van der Waals surface area (Å²) in [6.07, 6.45) is 1.81. The van der Waals surface area contributed by atoms with Crippen LogP contribution in [0.5, 0.6) is 0 Å². The molecule has 2 aliphatic heterocycles. The number of aromatic nitrogens is 1. The first kappa shape index (κ1) is 12.7. The molecule has 1 amide bonds. The van der Waals surface area contributed by atoms with Gasteiger partial charge < -0.3 is 15.2 Å². The van der Waals surface area contributed by atoms with E-state index in [9.17, 15) is 4.79 Å². The Morgan fingerprint density at radius 1 is 1.10 bits per heavy atom. The van der Waals surface area contributed by atoms with E-state index in [0.29, 0.717) is 17.5 Å². The highest BCUT2D eigenvalue weighted by Crippen LogP contribution is 2.43. The monoisotopic (exact) mass is 281 g/mol. The second kappa shape index (κ2) is 5.04. The molecular weight excluding hydrogens is 262 g/mol. The summed E-state index contributed by atoms with van der Waals surface area (Å²) in [5.41, 5.74) is 1.93. The average Bonchev–Trinajstić information content (AvgIpc) is 3.23. The van der Waals surface area contributed by atoms with E-state index in [-0.39, 0.29) is 11.9 Å². The van der Waals surface area contributed by atoms with Crippen LogP contribution in [0.25, 0.3) is 0 Å². The zero-order valence-electron chi connectivity index (χ0n) is 11.8. The van der Waals surface area contributed by atoms with Crippen LogP contribution in [0.4, 0.5) is 0 Å². The van der Waals surface area contributed by atoms with Crippen molar-refractivity contribution in [3.63, 3.8) is 0 Å². The summed E-state index contributed by atoms with van der Waals surface area (Å²) in [4.78, 5) is 17.9. The largest absolute Gasteiger partial charge is 0.357 e. The van der Waals surface area contributed by atoms with Crippen LogP contribution in [0, 0.1) is 11.8 Å². The molecule has 108 valence electrons. The fourth-order valence-corrected chi connectivity index (χ4v) is 3.82. The summed E-state index contributed by atoms with van der Waals surface area (Å²) < 4.78 is 0. The van der Waals surface area contributed by atoms with Crippen LogP contribution in [0.2, 0.25) is 0 Å². The van der Waals surface area contributed by atoms with Crippen LogP contribution in [-0.4, -0.2) is 35.4 Å². The third-order valence-corrected chi connectivity index (χ3v) is 4.79. The molecule has 2 N–H and O–H groups in total. The van der Waals surface area contributed by atoms with Gasteiger partial charge in [0, 0.05) is 31.7 Å². The van der Waals surface area contributed by atoms with E-state index in [0.717, 1.165) is 19.6 Å². The summed E-state index contributed by atoms with van der Waals surface area (Å²) in [5.74, 6) is 1.20. The Hall–Kier alpha value is -2.07. The fourth-order valence-electron chi connectivity index (χ4n) is 3.82. The van der Waals surface area contributed by atoms with Crippen molar-refractivity contribution in [1.82, 2.24) is 15.2 Å². The molecule has 0 spiro atoms. The van der Waals surface area contributed by atoms with Gasteiger partial charge in [0.1, 0.15) is 5.69 Å². The Bertz CT molecular complexity index is 623. The van der Waals surface area contributed by atoms with Gasteiger partial charge in [-0.05, 0) is 23.6 Å². The highest BCUT2D eigenvalue weighted by molar-refractivity contribution is 5.93. The summed E-state index contributed by atoms with van der Waals surface area (Å²) in [5, 5.41) is 3.47. The third-order valence-electron chi connectivity index (χ3n) is 4.79. The number of aromatic amines is 1. The van der Waals surface area contributed by atoms with Gasteiger partial charge in [-0.2, -0.15) is 0 Å². The first-order valence-electron chi connectivity index (χ1n) is 7.54. The Balaban J connectivity index is 1.70. The highest BCUT2D eigenvalue weighted by Gasteiger charge is 2.46. The molecule has 2 fully saturated rings. The summed E-state index contributed by atoms with van der Waals surface area (Å²) >= 11 is 0. The van der Waals surface area contributed by atoms with Crippen molar-refractivity contribution in [2.45, 2.75) is 6.04 Å². The maximum Gasteiger partial charge on any atom is 0.270 e. The van der Waals surface area contributed by atoms with Gasteiger partial charge in [-0.25, -0.2) is 0 Å². The van der Waals surface area contributed by atoms with Crippen LogP contribution >= 0.6 is 0 Å². The molecule has 1 aromatic heterocycles. The molecule has 0 radical (unpaired) electrons. The number of carbonyl (C=O) groups is 1. The van der Waals surface area contributed by atoms with Gasteiger partial charge in [0.15, 0.2) is 0 Å². The lowest BCUT2D eigenvalue weighted by Crippen LogP contribution is -2.34. The van der Waals surface area contributed by atoms with E-state index in [4.69, 9.17) is 0 Å². The molecule has 4 heteroatoms. The molecule has 4 rings (SSSR count). The first-order valence-corrected chi connectivity index (χ1v) is 7.54. The smallest absolute Gasteiger partial charge is 0.270 e. The number of carbonyl (C=O) groups excluding carboxylic acids is 1. The van der Waals surface area contributed by atoms with Crippen molar-refractivity contribution >= 4 is 5.91 Å². The van der Waals surface area contributed by atoms with E-state index in [1.165, 1.54) is 5.56 Å². The predicted molar refractivity (Wildman–Crippen MR) is 80.9 cm³/mol. The Morgan fingerprint density at radius 2 is 1.95 bits per heavy atom. The molecule has 0 bridgehead atoms. The molecule has 21 heavy (non-hydrogen) atoms. The number of rotatable bonds is 2. The Morgan fingerprint density at radius 3 is 2.71 bits per heavy atom. The molecule has 2 aliphatic rings. The second-order valence-corrected chi connectivity index (χ2v) is 5.98. The average molecular weight is 281 g/mol. The van der Waals surface area contributed by atoms with Crippen molar-refractivity contribution in [3.8, 4) is 0 Å². The quantitative estimate of drug-likeness (QED) is 0.885. The number of hydrogen-bond acceptors (Lipinski definition) is 2. The van der Waals surface area contributed by atoms with Gasteiger partial charge in [-0.1, -0.05) is 30.3 Å². The molecule has 0 aliphatic carbocycles. The lowest BCUT2D eigenvalue weighted by molar-refractivity contribution is 0.0709. The third kappa shape index (κ3) is 2.07. The van der Waals surface area contributed by atoms with Gasteiger partial charge in [-0.15, -0.1) is 0 Å². The molecule has 2 aromatic rings. The SMILES string of the molecule is O=C(c1ccc[nH]1)N1C[C@@H]2CNC[C@@H]2[C@@H]1c1ccccc1. The predicted octanol–water partition coefficient (Wildman–Crippen LogP) is 2.05. The fraction of sp³-hybridized carbons (Fsp3) is 0.353. The Kier molecular flexibility index (Phi) is 3.04. The van der Waals surface area contributed by atoms with E-state index in [1.807, 2.05) is 24.4 Å². The zero-order valence-corrected chi connectivity index (χ0v) is 11.8. The molecule has 0 saturated carbocycles. The van der Waals surface area contributed by atoms with E-state index in [2.05, 4.69) is 39.5 Å². The highest BCUT2D eigenvalue weighted by atomic mass is 16.2. The molecular formula is C17H19N3O. The molecule has 2 saturated heterocycles. The summed E-state index contributed by atoms with van der Waals surface area (Å²) in [6, 6.07) is 14.3. The molecule has 0 unspecified atom stereocenters. The number of hydrogen-bond donors (Lipinski definition) is 2. The number of benzene rings is 1. The number of fused-ring (bicyclic) bond motifs is 1. The van der Waals surface area contributed by atoms with Crippen molar-refractivity contribution < 1.29 is 4.79 Å². The normalized spacial score (nSPS) is 27.8. The summed E-state index contributed by atoms with van der Waals surface area (Å²) in [7, 11) is 0. The minimum Gasteiger partial charge on any atom is -0.357 e. The van der Waals surface area contributed by atoms with Crippen LogP contribution in [-0.2, 0) is 0 Å². The molecule has 3 heterocycles. The van der Waals surface area contributed by atoms with Gasteiger partial charge in [-0.3, -0.25) is 4.79 Å². The number of H-pyrrole nitrogens is 1. The molecule has 4 nitrogen and oxygen atoms in total. The van der Waals surface area contributed by atoms with E-state index in [1.54, 1.807) is 0 Å². The minimum atomic E-state index is 0.114. The van der Waals surface area contributed by atoms with Crippen LogP contribution in [0.3, 0.4) is 0 Å². The molecule has 1 aromatic carbocycles. The molecule has 3 atom stereocenters. The second-order valence-electron chi connectivity index (χ2n) is 5.98. The maximum absolute atomic E-state index is 12.8.